The van der Waals surface area contributed by atoms with Gasteiger partial charge in [0.1, 0.15) is 17.4 Å². The summed E-state index contributed by atoms with van der Waals surface area (Å²) in [4.78, 5) is 12.1. The molecular weight excluding hydrogens is 339 g/mol. The fourth-order valence-corrected chi connectivity index (χ4v) is 2.79. The van der Waals surface area contributed by atoms with Gasteiger partial charge in [-0.25, -0.2) is 0 Å². The molecule has 23 heavy (non-hydrogen) atoms. The van der Waals surface area contributed by atoms with E-state index >= 15 is 0 Å². The van der Waals surface area contributed by atoms with E-state index in [1.807, 2.05) is 6.07 Å². The highest BCUT2D eigenvalue weighted by molar-refractivity contribution is 6.42. The van der Waals surface area contributed by atoms with Crippen molar-refractivity contribution in [2.24, 2.45) is 5.73 Å². The van der Waals surface area contributed by atoms with Crippen LogP contribution in [0, 0.1) is 18.3 Å². The van der Waals surface area contributed by atoms with Crippen molar-refractivity contribution in [3.63, 3.8) is 0 Å². The van der Waals surface area contributed by atoms with Gasteiger partial charge in [0.2, 0.25) is 17.1 Å². The van der Waals surface area contributed by atoms with E-state index in [1.165, 1.54) is 6.07 Å². The summed E-state index contributed by atoms with van der Waals surface area (Å²) in [6.07, 6.45) is 0. The number of allylic oxidation sites excluding steroid dienone is 1. The number of nitriles is 1. The maximum Gasteiger partial charge on any atom is 0.228 e. The van der Waals surface area contributed by atoms with Crippen LogP contribution in [0.3, 0.4) is 0 Å². The molecule has 7 heteroatoms. The molecule has 1 aromatic carbocycles. The Morgan fingerprint density at radius 3 is 2.65 bits per heavy atom. The Kier molecular flexibility index (Phi) is 3.80. The van der Waals surface area contributed by atoms with Crippen LogP contribution in [0.25, 0.3) is 0 Å². The standard InChI is InChI=1S/C16H10Cl2N2O3/c1-7-4-12(21)14-15(22-7)13(9(6-19)16(20)23-14)8-2-3-10(17)11(18)5-8/h2-5,13H,20H2,1H3. The van der Waals surface area contributed by atoms with Crippen LogP contribution in [0.5, 0.6) is 5.75 Å². The van der Waals surface area contributed by atoms with Crippen LogP contribution in [0.2, 0.25) is 10.0 Å². The molecular formula is C16H10Cl2N2O3. The largest absolute Gasteiger partial charge is 0.461 e. The molecule has 1 aromatic heterocycles. The Balaban J connectivity index is 2.31. The molecule has 1 unspecified atom stereocenters. The van der Waals surface area contributed by atoms with Gasteiger partial charge in [0.25, 0.3) is 0 Å². The Hall–Kier alpha value is -2.42. The lowest BCUT2D eigenvalue weighted by Gasteiger charge is -2.24. The molecule has 0 aliphatic carbocycles. The van der Waals surface area contributed by atoms with Gasteiger partial charge in [-0.05, 0) is 24.6 Å². The maximum absolute atomic E-state index is 12.1. The molecule has 2 heterocycles. The summed E-state index contributed by atoms with van der Waals surface area (Å²) in [6, 6.07) is 8.22. The summed E-state index contributed by atoms with van der Waals surface area (Å²) >= 11 is 12.0. The van der Waals surface area contributed by atoms with E-state index in [1.54, 1.807) is 25.1 Å². The highest BCUT2D eigenvalue weighted by atomic mass is 35.5. The van der Waals surface area contributed by atoms with Gasteiger partial charge >= 0.3 is 0 Å². The summed E-state index contributed by atoms with van der Waals surface area (Å²) in [5.74, 6) is -0.221. The van der Waals surface area contributed by atoms with Crippen LogP contribution >= 0.6 is 23.2 Å². The smallest absolute Gasteiger partial charge is 0.228 e. The summed E-state index contributed by atoms with van der Waals surface area (Å²) in [6.45, 7) is 1.64. The van der Waals surface area contributed by atoms with Crippen LogP contribution in [-0.4, -0.2) is 0 Å². The summed E-state index contributed by atoms with van der Waals surface area (Å²) < 4.78 is 11.0. The minimum atomic E-state index is -0.689. The van der Waals surface area contributed by atoms with Gasteiger partial charge in [-0.3, -0.25) is 4.79 Å². The van der Waals surface area contributed by atoms with Gasteiger partial charge in [0.15, 0.2) is 5.76 Å². The molecule has 1 aliphatic rings. The van der Waals surface area contributed by atoms with Gasteiger partial charge in [-0.2, -0.15) is 5.26 Å². The fourth-order valence-electron chi connectivity index (χ4n) is 2.48. The Labute approximate surface area is 141 Å². The monoisotopic (exact) mass is 348 g/mol. The second-order valence-electron chi connectivity index (χ2n) is 5.01. The number of rotatable bonds is 1. The van der Waals surface area contributed by atoms with E-state index in [0.717, 1.165) is 0 Å². The molecule has 0 amide bonds. The maximum atomic E-state index is 12.1. The molecule has 5 nitrogen and oxygen atoms in total. The molecule has 116 valence electrons. The molecule has 3 rings (SSSR count). The molecule has 0 radical (unpaired) electrons. The first-order valence-corrected chi connectivity index (χ1v) is 7.35. The first kappa shape index (κ1) is 15.5. The highest BCUT2D eigenvalue weighted by Crippen LogP contribution is 2.42. The molecule has 0 saturated heterocycles. The van der Waals surface area contributed by atoms with Crippen LogP contribution in [0.1, 0.15) is 23.0 Å². The van der Waals surface area contributed by atoms with Crippen molar-refractivity contribution in [3.05, 3.63) is 73.1 Å². The van der Waals surface area contributed by atoms with Gasteiger partial charge in [0.05, 0.1) is 16.0 Å². The molecule has 0 bridgehead atoms. The predicted octanol–water partition coefficient (Wildman–Crippen LogP) is 3.47. The lowest BCUT2D eigenvalue weighted by Crippen LogP contribution is -2.25. The number of ether oxygens (including phenoxy) is 1. The fraction of sp³-hybridized carbons (Fsp3) is 0.125. The Bertz CT molecular complexity index is 941. The topological polar surface area (TPSA) is 89.2 Å². The van der Waals surface area contributed by atoms with Crippen molar-refractivity contribution >= 4 is 23.2 Å². The number of hydrogen-bond acceptors (Lipinski definition) is 5. The highest BCUT2D eigenvalue weighted by Gasteiger charge is 2.35. The molecule has 1 atom stereocenters. The second kappa shape index (κ2) is 5.65. The van der Waals surface area contributed by atoms with Crippen LogP contribution < -0.4 is 15.9 Å². The third-order valence-corrected chi connectivity index (χ3v) is 4.22. The van der Waals surface area contributed by atoms with Crippen molar-refractivity contribution in [3.8, 4) is 11.8 Å². The van der Waals surface area contributed by atoms with E-state index in [4.69, 9.17) is 38.1 Å². The van der Waals surface area contributed by atoms with E-state index in [-0.39, 0.29) is 28.4 Å². The van der Waals surface area contributed by atoms with E-state index < -0.39 is 5.92 Å². The SMILES string of the molecule is Cc1cc(=O)c2c(o1)C(c1ccc(Cl)c(Cl)c1)C(C#N)=C(N)O2. The van der Waals surface area contributed by atoms with Gasteiger partial charge in [-0.1, -0.05) is 29.3 Å². The Morgan fingerprint density at radius 2 is 2.00 bits per heavy atom. The molecule has 0 spiro atoms. The van der Waals surface area contributed by atoms with Crippen molar-refractivity contribution in [1.82, 2.24) is 0 Å². The number of aryl methyl sites for hydroxylation is 1. The minimum Gasteiger partial charge on any atom is -0.461 e. The van der Waals surface area contributed by atoms with E-state index in [0.29, 0.717) is 21.4 Å². The minimum absolute atomic E-state index is 0.0248. The van der Waals surface area contributed by atoms with E-state index in [9.17, 15) is 10.1 Å². The average Bonchev–Trinajstić information content (AvgIpc) is 2.50. The summed E-state index contributed by atoms with van der Waals surface area (Å²) in [5.41, 5.74) is 6.20. The number of benzene rings is 1. The molecule has 0 fully saturated rings. The summed E-state index contributed by atoms with van der Waals surface area (Å²) in [5, 5.41) is 10.1. The molecule has 0 saturated carbocycles. The van der Waals surface area contributed by atoms with Crippen molar-refractivity contribution in [2.45, 2.75) is 12.8 Å². The summed E-state index contributed by atoms with van der Waals surface area (Å²) in [7, 11) is 0. The first-order valence-electron chi connectivity index (χ1n) is 6.59. The van der Waals surface area contributed by atoms with Crippen LogP contribution in [0.4, 0.5) is 0 Å². The zero-order valence-corrected chi connectivity index (χ0v) is 13.4. The number of nitrogens with zero attached hydrogens (tertiary/aromatic N) is 1. The van der Waals surface area contributed by atoms with Crippen molar-refractivity contribution in [2.75, 3.05) is 0 Å². The lowest BCUT2D eigenvalue weighted by atomic mass is 9.87. The predicted molar refractivity (Wildman–Crippen MR) is 85.5 cm³/mol. The molecule has 2 N–H and O–H groups in total. The van der Waals surface area contributed by atoms with Gasteiger partial charge in [-0.15, -0.1) is 0 Å². The quantitative estimate of drug-likeness (QED) is 0.851. The Morgan fingerprint density at radius 1 is 1.26 bits per heavy atom. The molecule has 2 aromatic rings. The third-order valence-electron chi connectivity index (χ3n) is 3.48. The zero-order valence-electron chi connectivity index (χ0n) is 11.9. The van der Waals surface area contributed by atoms with Crippen LogP contribution in [-0.2, 0) is 0 Å². The lowest BCUT2D eigenvalue weighted by molar-refractivity contribution is 0.337. The molecule has 1 aliphatic heterocycles. The number of hydrogen-bond donors (Lipinski definition) is 1. The normalized spacial score (nSPS) is 16.5. The van der Waals surface area contributed by atoms with Crippen LogP contribution in [0.15, 0.2) is 44.9 Å². The number of nitrogens with two attached hydrogens (primary N) is 1. The van der Waals surface area contributed by atoms with Gasteiger partial charge in [0, 0.05) is 6.07 Å². The third kappa shape index (κ3) is 2.56. The average molecular weight is 349 g/mol. The van der Waals surface area contributed by atoms with Gasteiger partial charge < -0.3 is 14.9 Å². The first-order chi connectivity index (χ1) is 10.9. The second-order valence-corrected chi connectivity index (χ2v) is 5.83. The number of fused-ring (bicyclic) bond motifs is 1. The van der Waals surface area contributed by atoms with E-state index in [2.05, 4.69) is 0 Å². The number of halogens is 2. The van der Waals surface area contributed by atoms with Crippen molar-refractivity contribution in [1.29, 1.82) is 5.26 Å². The van der Waals surface area contributed by atoms with Crippen molar-refractivity contribution < 1.29 is 9.15 Å². The zero-order chi connectivity index (χ0) is 16.7.